The second-order valence-corrected chi connectivity index (χ2v) is 5.33. The van der Waals surface area contributed by atoms with Crippen LogP contribution >= 0.6 is 0 Å². The summed E-state index contributed by atoms with van der Waals surface area (Å²) in [5.41, 5.74) is -0.323. The number of carbonyl (C=O) groups is 1. The van der Waals surface area contributed by atoms with Crippen molar-refractivity contribution in [2.45, 2.75) is 39.2 Å². The number of rotatable bonds is 2. The van der Waals surface area contributed by atoms with E-state index < -0.39 is 5.60 Å². The van der Waals surface area contributed by atoms with E-state index >= 15 is 0 Å². The molecule has 0 aromatic rings. The van der Waals surface area contributed by atoms with Crippen molar-refractivity contribution in [2.75, 3.05) is 0 Å². The molecule has 1 aliphatic rings. The molecule has 0 radical (unpaired) electrons. The fourth-order valence-corrected chi connectivity index (χ4v) is 1.82. The van der Waals surface area contributed by atoms with Gasteiger partial charge < -0.3 is 5.11 Å². The smallest absolute Gasteiger partial charge is 0.156 e. The van der Waals surface area contributed by atoms with Crippen LogP contribution < -0.4 is 0 Å². The summed E-state index contributed by atoms with van der Waals surface area (Å²) in [6.45, 7) is 5.66. The Labute approximate surface area is 97.1 Å². The molecule has 1 unspecified atom stereocenters. The van der Waals surface area contributed by atoms with Gasteiger partial charge in [0, 0.05) is 6.42 Å². The van der Waals surface area contributed by atoms with Gasteiger partial charge >= 0.3 is 0 Å². The molecule has 2 heteroatoms. The summed E-state index contributed by atoms with van der Waals surface area (Å²) in [5.74, 6) is 2.40. The van der Waals surface area contributed by atoms with E-state index in [1.807, 2.05) is 0 Å². The largest absolute Gasteiger partial charge is 0.374 e. The maximum absolute atomic E-state index is 11.5. The molecule has 0 saturated heterocycles. The molecule has 86 valence electrons. The molecule has 2 nitrogen and oxygen atoms in total. The van der Waals surface area contributed by atoms with Gasteiger partial charge in [-0.15, -0.1) is 6.42 Å². The fourth-order valence-electron chi connectivity index (χ4n) is 1.82. The van der Waals surface area contributed by atoms with Gasteiger partial charge in [0.25, 0.3) is 0 Å². The van der Waals surface area contributed by atoms with Crippen molar-refractivity contribution in [2.24, 2.45) is 5.41 Å². The molecule has 0 amide bonds. The van der Waals surface area contributed by atoms with Crippen LogP contribution in [-0.2, 0) is 4.79 Å². The van der Waals surface area contributed by atoms with Crippen LogP contribution in [0.4, 0.5) is 0 Å². The van der Waals surface area contributed by atoms with E-state index in [2.05, 4.69) is 19.8 Å². The Morgan fingerprint density at radius 2 is 2.19 bits per heavy atom. The number of carbonyl (C=O) groups excluding carboxylic acids is 1. The predicted molar refractivity (Wildman–Crippen MR) is 64.7 cm³/mol. The first kappa shape index (κ1) is 12.7. The molecule has 0 fully saturated rings. The van der Waals surface area contributed by atoms with Gasteiger partial charge in [0.1, 0.15) is 5.60 Å². The lowest BCUT2D eigenvalue weighted by atomic mass is 9.76. The summed E-state index contributed by atoms with van der Waals surface area (Å²) in [6, 6.07) is 0. The number of aliphatic hydroxyl groups is 1. The molecule has 1 atom stereocenters. The first-order valence-electron chi connectivity index (χ1n) is 5.37. The SMILES string of the molecule is C#CC(C)(O)/C=C/C1=CC(=O)CC(C)(C)C1. The fraction of sp³-hybridized carbons (Fsp3) is 0.500. The van der Waals surface area contributed by atoms with Gasteiger partial charge in [-0.05, 0) is 36.5 Å². The Bertz CT molecular complexity index is 389. The highest BCUT2D eigenvalue weighted by atomic mass is 16.3. The Hall–Kier alpha value is -1.33. The number of hydrogen-bond acceptors (Lipinski definition) is 2. The first-order valence-corrected chi connectivity index (χ1v) is 5.37. The number of allylic oxidation sites excluding steroid dienone is 3. The van der Waals surface area contributed by atoms with Gasteiger partial charge in [-0.25, -0.2) is 0 Å². The third kappa shape index (κ3) is 3.67. The molecule has 0 bridgehead atoms. The van der Waals surface area contributed by atoms with Crippen LogP contribution in [0.1, 0.15) is 33.6 Å². The third-order valence-corrected chi connectivity index (χ3v) is 2.60. The Kier molecular flexibility index (Phi) is 3.40. The van der Waals surface area contributed by atoms with Crippen LogP contribution in [0.15, 0.2) is 23.8 Å². The van der Waals surface area contributed by atoms with Crippen molar-refractivity contribution in [3.63, 3.8) is 0 Å². The number of hydrogen-bond donors (Lipinski definition) is 1. The molecule has 0 aromatic heterocycles. The van der Waals surface area contributed by atoms with Gasteiger partial charge in [0.2, 0.25) is 0 Å². The van der Waals surface area contributed by atoms with Crippen molar-refractivity contribution in [1.29, 1.82) is 0 Å². The molecular formula is C14H18O2. The topological polar surface area (TPSA) is 37.3 Å². The van der Waals surface area contributed by atoms with Crippen molar-refractivity contribution >= 4 is 5.78 Å². The van der Waals surface area contributed by atoms with Crippen molar-refractivity contribution < 1.29 is 9.90 Å². The molecule has 0 spiro atoms. The Balaban J connectivity index is 2.84. The van der Waals surface area contributed by atoms with E-state index in [-0.39, 0.29) is 11.2 Å². The highest BCUT2D eigenvalue weighted by Gasteiger charge is 2.26. The average molecular weight is 218 g/mol. The molecule has 0 saturated carbocycles. The summed E-state index contributed by atoms with van der Waals surface area (Å²) in [6.07, 6.45) is 11.5. The summed E-state index contributed by atoms with van der Waals surface area (Å²) in [5, 5.41) is 9.61. The van der Waals surface area contributed by atoms with E-state index in [0.29, 0.717) is 6.42 Å². The zero-order valence-corrected chi connectivity index (χ0v) is 10.1. The van der Waals surface area contributed by atoms with Gasteiger partial charge in [-0.2, -0.15) is 0 Å². The minimum Gasteiger partial charge on any atom is -0.374 e. The number of terminal acetylenes is 1. The standard InChI is InChI=1S/C14H18O2/c1-5-14(4,16)7-6-11-8-12(15)10-13(2,3)9-11/h1,6-8,16H,9-10H2,2-4H3/b7-6+. The van der Waals surface area contributed by atoms with Gasteiger partial charge in [0.15, 0.2) is 5.78 Å². The molecular weight excluding hydrogens is 200 g/mol. The van der Waals surface area contributed by atoms with Crippen LogP contribution in [0.25, 0.3) is 0 Å². The Morgan fingerprint density at radius 1 is 1.56 bits per heavy atom. The van der Waals surface area contributed by atoms with Crippen LogP contribution in [-0.4, -0.2) is 16.5 Å². The number of ketones is 1. The van der Waals surface area contributed by atoms with E-state index in [0.717, 1.165) is 12.0 Å². The molecule has 1 rings (SSSR count). The summed E-state index contributed by atoms with van der Waals surface area (Å²) >= 11 is 0. The second kappa shape index (κ2) is 4.27. The van der Waals surface area contributed by atoms with E-state index in [1.54, 1.807) is 25.2 Å². The normalized spacial score (nSPS) is 23.7. The van der Waals surface area contributed by atoms with Crippen LogP contribution in [0.2, 0.25) is 0 Å². The lowest BCUT2D eigenvalue weighted by Crippen LogP contribution is -2.22. The second-order valence-electron chi connectivity index (χ2n) is 5.33. The molecule has 16 heavy (non-hydrogen) atoms. The van der Waals surface area contributed by atoms with E-state index in [1.165, 1.54) is 0 Å². The van der Waals surface area contributed by atoms with Gasteiger partial charge in [-0.1, -0.05) is 25.8 Å². The van der Waals surface area contributed by atoms with Crippen LogP contribution in [0, 0.1) is 17.8 Å². The monoisotopic (exact) mass is 218 g/mol. The van der Waals surface area contributed by atoms with Crippen LogP contribution in [0.3, 0.4) is 0 Å². The zero-order chi connectivity index (χ0) is 12.4. The average Bonchev–Trinajstić information content (AvgIpc) is 2.12. The molecule has 0 heterocycles. The van der Waals surface area contributed by atoms with Crippen molar-refractivity contribution in [3.8, 4) is 12.3 Å². The van der Waals surface area contributed by atoms with Gasteiger partial charge in [0.05, 0.1) is 0 Å². The summed E-state index contributed by atoms with van der Waals surface area (Å²) < 4.78 is 0. The maximum Gasteiger partial charge on any atom is 0.156 e. The zero-order valence-electron chi connectivity index (χ0n) is 10.1. The lowest BCUT2D eigenvalue weighted by Gasteiger charge is -2.27. The quantitative estimate of drug-likeness (QED) is 0.722. The highest BCUT2D eigenvalue weighted by Crippen LogP contribution is 2.34. The molecule has 1 aliphatic carbocycles. The first-order chi connectivity index (χ1) is 7.24. The van der Waals surface area contributed by atoms with Crippen LogP contribution in [0.5, 0.6) is 0 Å². The minimum absolute atomic E-state index is 0.00644. The maximum atomic E-state index is 11.5. The lowest BCUT2D eigenvalue weighted by molar-refractivity contribution is -0.116. The van der Waals surface area contributed by atoms with E-state index in [9.17, 15) is 9.90 Å². The minimum atomic E-state index is -1.24. The predicted octanol–water partition coefficient (Wildman–Crippen LogP) is 2.24. The summed E-state index contributed by atoms with van der Waals surface area (Å²) in [7, 11) is 0. The molecule has 0 aliphatic heterocycles. The van der Waals surface area contributed by atoms with Crippen molar-refractivity contribution in [1.82, 2.24) is 0 Å². The highest BCUT2D eigenvalue weighted by molar-refractivity contribution is 5.92. The third-order valence-electron chi connectivity index (χ3n) is 2.60. The molecule has 0 aromatic carbocycles. The Morgan fingerprint density at radius 3 is 2.69 bits per heavy atom. The van der Waals surface area contributed by atoms with Gasteiger partial charge in [-0.3, -0.25) is 4.79 Å². The van der Waals surface area contributed by atoms with Crippen molar-refractivity contribution in [3.05, 3.63) is 23.8 Å². The van der Waals surface area contributed by atoms with E-state index in [4.69, 9.17) is 6.42 Å². The molecule has 1 N–H and O–H groups in total. The summed E-state index contributed by atoms with van der Waals surface area (Å²) in [4.78, 5) is 11.5.